The summed E-state index contributed by atoms with van der Waals surface area (Å²) in [5, 5.41) is 11.6. The average molecular weight is 583 g/mol. The van der Waals surface area contributed by atoms with Crippen molar-refractivity contribution in [2.45, 2.75) is 39.8 Å². The van der Waals surface area contributed by atoms with Crippen LogP contribution in [0.5, 0.6) is 5.75 Å². The number of aryl methyl sites for hydroxylation is 2. The quantitative estimate of drug-likeness (QED) is 0.105. The Labute approximate surface area is 247 Å². The van der Waals surface area contributed by atoms with Gasteiger partial charge in [-0.15, -0.1) is 0 Å². The first-order valence-corrected chi connectivity index (χ1v) is 14.5. The van der Waals surface area contributed by atoms with Gasteiger partial charge in [0.1, 0.15) is 23.0 Å². The van der Waals surface area contributed by atoms with Crippen LogP contribution in [0.15, 0.2) is 84.4 Å². The maximum Gasteiger partial charge on any atom is 0.350 e. The Hall–Kier alpha value is -4.76. The molecule has 1 saturated heterocycles. The van der Waals surface area contributed by atoms with E-state index in [1.165, 1.54) is 4.90 Å². The largest absolute Gasteiger partial charge is 0.507 e. The molecule has 1 aliphatic rings. The number of rotatable bonds is 9. The summed E-state index contributed by atoms with van der Waals surface area (Å²) in [4.78, 5) is 45.5. The van der Waals surface area contributed by atoms with Gasteiger partial charge in [0, 0.05) is 5.56 Å². The number of carbonyl (C=O) groups is 3. The summed E-state index contributed by atoms with van der Waals surface area (Å²) >= 11 is 0.978. The lowest BCUT2D eigenvalue weighted by Crippen LogP contribution is -2.29. The summed E-state index contributed by atoms with van der Waals surface area (Å²) in [6.07, 6.45) is 0.813. The molecule has 1 fully saturated rings. The van der Waals surface area contributed by atoms with Crippen molar-refractivity contribution in [2.24, 2.45) is 0 Å². The Balaban J connectivity index is 1.54. The van der Waals surface area contributed by atoms with Crippen molar-refractivity contribution in [3.63, 3.8) is 0 Å². The SMILES string of the molecule is CCOC(=O)c1sc(N2C(=O)C(=O)/C(=C(/O)c3ccc(OCc4ccccc4)cc3)C2c2ccc(CC)cc2)nc1C. The highest BCUT2D eigenvalue weighted by molar-refractivity contribution is 7.17. The molecule has 9 heteroatoms. The van der Waals surface area contributed by atoms with E-state index in [-0.39, 0.29) is 27.9 Å². The average Bonchev–Trinajstić information content (AvgIpc) is 3.52. The fraction of sp³-hybridized carbons (Fsp3) is 0.212. The molecule has 2 heterocycles. The number of aromatic nitrogens is 1. The van der Waals surface area contributed by atoms with Crippen molar-refractivity contribution >= 4 is 39.9 Å². The van der Waals surface area contributed by atoms with Crippen molar-refractivity contribution < 1.29 is 29.0 Å². The van der Waals surface area contributed by atoms with E-state index in [4.69, 9.17) is 9.47 Å². The van der Waals surface area contributed by atoms with Crippen molar-refractivity contribution in [1.29, 1.82) is 0 Å². The Kier molecular flexibility index (Phi) is 8.49. The number of esters is 1. The lowest BCUT2D eigenvalue weighted by Gasteiger charge is -2.23. The molecule has 4 aromatic rings. The van der Waals surface area contributed by atoms with Crippen LogP contribution in [-0.2, 0) is 27.4 Å². The second kappa shape index (κ2) is 12.4. The summed E-state index contributed by atoms with van der Waals surface area (Å²) in [6, 6.07) is 23.0. The molecule has 0 bridgehead atoms. The highest BCUT2D eigenvalue weighted by Crippen LogP contribution is 2.44. The van der Waals surface area contributed by atoms with Crippen LogP contribution >= 0.6 is 11.3 Å². The van der Waals surface area contributed by atoms with Gasteiger partial charge in [0.2, 0.25) is 0 Å². The molecule has 5 rings (SSSR count). The number of aliphatic hydroxyl groups excluding tert-OH is 1. The van der Waals surface area contributed by atoms with Crippen molar-refractivity contribution in [1.82, 2.24) is 4.98 Å². The lowest BCUT2D eigenvalue weighted by atomic mass is 9.94. The van der Waals surface area contributed by atoms with Gasteiger partial charge in [-0.25, -0.2) is 9.78 Å². The molecule has 42 heavy (non-hydrogen) atoms. The Morgan fingerprint density at radius 1 is 0.952 bits per heavy atom. The van der Waals surface area contributed by atoms with Gasteiger partial charge in [-0.2, -0.15) is 0 Å². The molecule has 1 N–H and O–H groups in total. The number of anilines is 1. The zero-order valence-corrected chi connectivity index (χ0v) is 24.3. The van der Waals surface area contributed by atoms with Gasteiger partial charge >= 0.3 is 11.9 Å². The first-order valence-electron chi connectivity index (χ1n) is 13.6. The number of benzene rings is 3. The first kappa shape index (κ1) is 28.8. The number of aliphatic hydroxyl groups is 1. The molecule has 0 aliphatic carbocycles. The van der Waals surface area contributed by atoms with Gasteiger partial charge in [0.25, 0.3) is 5.78 Å². The monoisotopic (exact) mass is 582 g/mol. The van der Waals surface area contributed by atoms with Crippen LogP contribution < -0.4 is 9.64 Å². The van der Waals surface area contributed by atoms with Gasteiger partial charge < -0.3 is 14.6 Å². The molecule has 0 saturated carbocycles. The summed E-state index contributed by atoms with van der Waals surface area (Å²) in [7, 11) is 0. The molecule has 1 amide bonds. The summed E-state index contributed by atoms with van der Waals surface area (Å²) in [5.41, 5.74) is 3.41. The fourth-order valence-electron chi connectivity index (χ4n) is 4.76. The molecular formula is C33H30N2O6S. The number of thiazole rings is 1. The van der Waals surface area contributed by atoms with E-state index in [1.54, 1.807) is 38.1 Å². The van der Waals surface area contributed by atoms with Crippen LogP contribution in [0, 0.1) is 6.92 Å². The molecule has 1 aromatic heterocycles. The third kappa shape index (κ3) is 5.69. The Bertz CT molecular complexity index is 1640. The van der Waals surface area contributed by atoms with Crippen molar-refractivity contribution in [3.05, 3.63) is 117 Å². The maximum absolute atomic E-state index is 13.5. The number of amides is 1. The standard InChI is InChI=1S/C33H30N2O6S/c1-4-21-11-13-23(14-12-21)27-26(28(36)24-15-17-25(18-16-24)41-19-22-9-7-6-8-10-22)29(37)31(38)35(27)33-34-20(3)30(42-33)32(39)40-5-2/h6-18,27,36H,4-5,19H2,1-3H3/b28-26+. The van der Waals surface area contributed by atoms with E-state index < -0.39 is 23.7 Å². The molecule has 0 spiro atoms. The zero-order valence-electron chi connectivity index (χ0n) is 23.5. The van der Waals surface area contributed by atoms with Crippen LogP contribution in [0.1, 0.15) is 57.5 Å². The lowest BCUT2D eigenvalue weighted by molar-refractivity contribution is -0.132. The normalized spacial score (nSPS) is 16.1. The Morgan fingerprint density at radius 3 is 2.29 bits per heavy atom. The number of hydrogen-bond acceptors (Lipinski definition) is 8. The molecule has 1 unspecified atom stereocenters. The summed E-state index contributed by atoms with van der Waals surface area (Å²) in [5.74, 6) is -1.95. The molecule has 1 aliphatic heterocycles. The summed E-state index contributed by atoms with van der Waals surface area (Å²) in [6.45, 7) is 5.95. The van der Waals surface area contributed by atoms with Crippen LogP contribution in [0.2, 0.25) is 0 Å². The first-order chi connectivity index (χ1) is 20.3. The van der Waals surface area contributed by atoms with E-state index in [0.29, 0.717) is 29.2 Å². The third-order valence-electron chi connectivity index (χ3n) is 6.98. The van der Waals surface area contributed by atoms with E-state index in [0.717, 1.165) is 28.9 Å². The molecular weight excluding hydrogens is 552 g/mol. The van der Waals surface area contributed by atoms with Crippen LogP contribution in [0.3, 0.4) is 0 Å². The molecule has 3 aromatic carbocycles. The maximum atomic E-state index is 13.5. The topological polar surface area (TPSA) is 106 Å². The second-order valence-electron chi connectivity index (χ2n) is 9.69. The molecule has 8 nitrogen and oxygen atoms in total. The number of ether oxygens (including phenoxy) is 2. The van der Waals surface area contributed by atoms with Gasteiger partial charge in [-0.05, 0) is 61.2 Å². The van der Waals surface area contributed by atoms with E-state index in [2.05, 4.69) is 4.98 Å². The predicted molar refractivity (Wildman–Crippen MR) is 161 cm³/mol. The van der Waals surface area contributed by atoms with Gasteiger partial charge in [-0.1, -0.05) is 72.9 Å². The number of nitrogens with zero attached hydrogens (tertiary/aromatic N) is 2. The molecule has 1 atom stereocenters. The van der Waals surface area contributed by atoms with Crippen LogP contribution in [-0.4, -0.2) is 34.4 Å². The second-order valence-corrected chi connectivity index (χ2v) is 10.7. The van der Waals surface area contributed by atoms with Crippen molar-refractivity contribution in [2.75, 3.05) is 11.5 Å². The summed E-state index contributed by atoms with van der Waals surface area (Å²) < 4.78 is 11.0. The van der Waals surface area contributed by atoms with E-state index >= 15 is 0 Å². The van der Waals surface area contributed by atoms with Gasteiger partial charge in [-0.3, -0.25) is 14.5 Å². The third-order valence-corrected chi connectivity index (χ3v) is 8.11. The number of carbonyl (C=O) groups excluding carboxylic acids is 3. The highest BCUT2D eigenvalue weighted by atomic mass is 32.1. The van der Waals surface area contributed by atoms with Gasteiger partial charge in [0.15, 0.2) is 5.13 Å². The van der Waals surface area contributed by atoms with Crippen molar-refractivity contribution in [3.8, 4) is 5.75 Å². The number of Topliss-reactive ketones (excluding diaryl/α,β-unsaturated/α-hetero) is 1. The predicted octanol–water partition coefficient (Wildman–Crippen LogP) is 6.40. The van der Waals surface area contributed by atoms with Crippen LogP contribution in [0.4, 0.5) is 5.13 Å². The number of hydrogen-bond donors (Lipinski definition) is 1. The van der Waals surface area contributed by atoms with Crippen LogP contribution in [0.25, 0.3) is 5.76 Å². The van der Waals surface area contributed by atoms with Gasteiger partial charge in [0.05, 0.1) is 23.9 Å². The Morgan fingerprint density at radius 2 is 1.64 bits per heavy atom. The number of ketones is 1. The molecule has 0 radical (unpaired) electrons. The highest BCUT2D eigenvalue weighted by Gasteiger charge is 2.48. The minimum Gasteiger partial charge on any atom is -0.507 e. The molecule has 214 valence electrons. The minimum atomic E-state index is -0.953. The smallest absolute Gasteiger partial charge is 0.350 e. The zero-order chi connectivity index (χ0) is 29.8. The minimum absolute atomic E-state index is 0.0623. The fourth-order valence-corrected chi connectivity index (χ4v) is 5.74. The van der Waals surface area contributed by atoms with E-state index in [9.17, 15) is 19.5 Å². The van der Waals surface area contributed by atoms with E-state index in [1.807, 2.05) is 61.5 Å².